The van der Waals surface area contributed by atoms with Crippen LogP contribution in [0.15, 0.2) is 0 Å². The number of aliphatic hydroxyl groups is 1. The van der Waals surface area contributed by atoms with Gasteiger partial charge in [0.2, 0.25) is 0 Å². The van der Waals surface area contributed by atoms with Crippen molar-refractivity contribution < 1.29 is 30.4 Å². The van der Waals surface area contributed by atoms with Crippen molar-refractivity contribution >= 4 is 11.9 Å². The van der Waals surface area contributed by atoms with Crippen LogP contribution in [0.25, 0.3) is 0 Å². The van der Waals surface area contributed by atoms with Crippen LogP contribution in [-0.2, 0) is 9.59 Å². The molecule has 0 aromatic rings. The van der Waals surface area contributed by atoms with Crippen LogP contribution in [0.1, 0.15) is 18.2 Å². The lowest BCUT2D eigenvalue weighted by molar-refractivity contribution is -0.147. The number of hydrogen-bond acceptors (Lipinski definition) is 3. The molecule has 0 aromatic carbocycles. The molecule has 0 bridgehead atoms. The zero-order chi connectivity index (χ0) is 11.7. The van der Waals surface area contributed by atoms with Gasteiger partial charge >= 0.3 is 11.9 Å². The lowest BCUT2D eigenvalue weighted by Gasteiger charge is -2.00. The largest absolute Gasteiger partial charge is 0.481 e. The van der Waals surface area contributed by atoms with Gasteiger partial charge in [0, 0.05) is 11.9 Å². The summed E-state index contributed by atoms with van der Waals surface area (Å²) in [6.45, 7) is 0. The molecular weight excluding hydrogens is 140 g/mol. The van der Waals surface area contributed by atoms with E-state index < -0.39 is 30.8 Å². The Morgan fingerprint density at radius 3 is 2.30 bits per heavy atom. The highest BCUT2D eigenvalue weighted by molar-refractivity contribution is 5.73. The van der Waals surface area contributed by atoms with E-state index in [1.807, 2.05) is 0 Å². The highest BCUT2D eigenvalue weighted by Crippen LogP contribution is 1.95. The van der Waals surface area contributed by atoms with Gasteiger partial charge in [0.25, 0.3) is 0 Å². The van der Waals surface area contributed by atoms with Crippen molar-refractivity contribution in [2.75, 3.05) is 0 Å². The van der Waals surface area contributed by atoms with Gasteiger partial charge in [0.1, 0.15) is 0 Å². The topological polar surface area (TPSA) is 94.8 Å². The molecule has 0 aliphatic rings. The van der Waals surface area contributed by atoms with Gasteiger partial charge in [-0.15, -0.1) is 0 Å². The molecule has 0 aromatic heterocycles. The highest BCUT2D eigenvalue weighted by Gasteiger charge is 2.13. The van der Waals surface area contributed by atoms with Gasteiger partial charge in [0.05, 0.1) is 0 Å². The molecule has 0 rings (SSSR count). The van der Waals surface area contributed by atoms with E-state index in [9.17, 15) is 9.59 Å². The first-order valence-electron chi connectivity index (χ1n) is 4.19. The van der Waals surface area contributed by atoms with E-state index in [2.05, 4.69) is 0 Å². The van der Waals surface area contributed by atoms with Gasteiger partial charge in [-0.2, -0.15) is 0 Å². The normalized spacial score (nSPS) is 21.3. The minimum Gasteiger partial charge on any atom is -0.481 e. The molecule has 0 fully saturated rings. The monoisotopic (exact) mass is 152 g/mol. The van der Waals surface area contributed by atoms with E-state index in [0.29, 0.717) is 0 Å². The van der Waals surface area contributed by atoms with Crippen molar-refractivity contribution in [2.45, 2.75) is 18.8 Å². The van der Waals surface area contributed by atoms with Crippen molar-refractivity contribution in [3.8, 4) is 0 Å². The first-order valence-corrected chi connectivity index (χ1v) is 2.19. The van der Waals surface area contributed by atoms with Crippen LogP contribution in [0, 0.1) is 0 Å². The Hall–Kier alpha value is -1.10. The number of aliphatic hydroxyl groups excluding tert-OH is 1. The third kappa shape index (κ3) is 3.85. The zero-order valence-corrected chi connectivity index (χ0v) is 4.74. The first-order chi connectivity index (χ1) is 6.05. The predicted octanol–water partition coefficient (Wildman–Crippen LogP) is -0.703. The zero-order valence-electron chi connectivity index (χ0n) is 8.74. The second-order valence-corrected chi connectivity index (χ2v) is 1.32. The highest BCUT2D eigenvalue weighted by atomic mass is 16.4. The average molecular weight is 152 g/mol. The number of hydrogen-bond donors (Lipinski definition) is 3. The number of carboxylic acid groups (broad SMARTS) is 2. The Labute approximate surface area is 62.5 Å². The molecule has 1 atom stereocenters. The van der Waals surface area contributed by atoms with Crippen molar-refractivity contribution in [1.82, 2.24) is 0 Å². The SMILES string of the molecule is [2H]C([2H])(C(=O)O)C([2H])([2H])[C@H](O)C(=O)O. The lowest BCUT2D eigenvalue weighted by atomic mass is 10.2. The summed E-state index contributed by atoms with van der Waals surface area (Å²) in [5.74, 6) is -4.21. The van der Waals surface area contributed by atoms with E-state index >= 15 is 0 Å². The van der Waals surface area contributed by atoms with Crippen LogP contribution in [0.5, 0.6) is 0 Å². The van der Waals surface area contributed by atoms with E-state index in [-0.39, 0.29) is 0 Å². The van der Waals surface area contributed by atoms with Crippen molar-refractivity contribution in [3.63, 3.8) is 0 Å². The lowest BCUT2D eigenvalue weighted by Crippen LogP contribution is -2.20. The molecule has 5 heteroatoms. The summed E-state index contributed by atoms with van der Waals surface area (Å²) in [6, 6.07) is 0. The molecule has 0 aliphatic heterocycles. The van der Waals surface area contributed by atoms with Crippen LogP contribution < -0.4 is 0 Å². The summed E-state index contributed by atoms with van der Waals surface area (Å²) in [5, 5.41) is 25.3. The molecule has 0 radical (unpaired) electrons. The van der Waals surface area contributed by atoms with Crippen LogP contribution >= 0.6 is 0 Å². The van der Waals surface area contributed by atoms with Crippen molar-refractivity contribution in [2.24, 2.45) is 0 Å². The number of rotatable bonds is 4. The second-order valence-electron chi connectivity index (χ2n) is 1.32. The van der Waals surface area contributed by atoms with Gasteiger partial charge in [-0.1, -0.05) is 0 Å². The fourth-order valence-electron chi connectivity index (χ4n) is 0.192. The van der Waals surface area contributed by atoms with Crippen LogP contribution in [0.4, 0.5) is 0 Å². The van der Waals surface area contributed by atoms with Crippen LogP contribution in [0.3, 0.4) is 0 Å². The molecule has 0 amide bonds. The minimum atomic E-state index is -3.48. The molecule has 0 aliphatic carbocycles. The van der Waals surface area contributed by atoms with Gasteiger partial charge in [-0.3, -0.25) is 4.79 Å². The molecule has 3 N–H and O–H groups in total. The summed E-state index contributed by atoms with van der Waals surface area (Å²) in [5.41, 5.74) is 0. The third-order valence-electron chi connectivity index (χ3n) is 0.550. The van der Waals surface area contributed by atoms with E-state index in [4.69, 9.17) is 20.8 Å². The predicted molar refractivity (Wildman–Crippen MR) is 30.5 cm³/mol. The van der Waals surface area contributed by atoms with Crippen molar-refractivity contribution in [3.05, 3.63) is 0 Å². The summed E-state index contributed by atoms with van der Waals surface area (Å²) >= 11 is 0. The Balaban J connectivity index is 5.13. The summed E-state index contributed by atoms with van der Waals surface area (Å²) < 4.78 is 27.3. The van der Waals surface area contributed by atoms with E-state index in [1.165, 1.54) is 0 Å². The minimum absolute atomic E-state index is 2.03. The Morgan fingerprint density at radius 1 is 1.50 bits per heavy atom. The Morgan fingerprint density at radius 2 is 2.00 bits per heavy atom. The summed E-state index contributed by atoms with van der Waals surface area (Å²) in [4.78, 5) is 20.4. The van der Waals surface area contributed by atoms with Crippen molar-refractivity contribution in [1.29, 1.82) is 0 Å². The fraction of sp³-hybridized carbons (Fsp3) is 0.600. The molecule has 5 nitrogen and oxygen atoms in total. The number of carboxylic acids is 2. The third-order valence-corrected chi connectivity index (χ3v) is 0.550. The van der Waals surface area contributed by atoms with Crippen LogP contribution in [0.2, 0.25) is 0 Å². The van der Waals surface area contributed by atoms with E-state index in [0.717, 1.165) is 0 Å². The molecule has 0 saturated carbocycles. The molecule has 0 heterocycles. The fourth-order valence-corrected chi connectivity index (χ4v) is 0.192. The number of aliphatic carboxylic acids is 2. The quantitative estimate of drug-likeness (QED) is 0.495. The maximum Gasteiger partial charge on any atom is 0.332 e. The second kappa shape index (κ2) is 3.84. The number of carbonyl (C=O) groups is 2. The van der Waals surface area contributed by atoms with Gasteiger partial charge in [-0.25, -0.2) is 4.79 Å². The van der Waals surface area contributed by atoms with Gasteiger partial charge in [-0.05, 0) is 6.37 Å². The molecule has 58 valence electrons. The van der Waals surface area contributed by atoms with Crippen LogP contribution in [-0.4, -0.2) is 33.4 Å². The van der Waals surface area contributed by atoms with Gasteiger partial charge < -0.3 is 15.3 Å². The average Bonchev–Trinajstić information content (AvgIpc) is 2.01. The molecule has 10 heavy (non-hydrogen) atoms. The molecule has 0 saturated heterocycles. The summed E-state index contributed by atoms with van der Waals surface area (Å²) in [7, 11) is 0. The molecule has 0 unspecified atom stereocenters. The Kier molecular flexibility index (Phi) is 1.51. The maximum absolute atomic E-state index is 10.3. The van der Waals surface area contributed by atoms with E-state index in [1.54, 1.807) is 0 Å². The first kappa shape index (κ1) is 3.92. The molecule has 0 spiro atoms. The summed E-state index contributed by atoms with van der Waals surface area (Å²) in [6.07, 6.45) is -9.64. The standard InChI is InChI=1S/C5H8O5/c6-3(5(9)10)1-2-4(7)8/h3,6H,1-2H2,(H,7,8)(H,9,10)/t3-/m0/s1/i1D2,2D2. The van der Waals surface area contributed by atoms with Gasteiger partial charge in [0.15, 0.2) is 6.10 Å². The maximum atomic E-state index is 10.3. The smallest absolute Gasteiger partial charge is 0.332 e. The molecular formula is C5H8O5. The Bertz CT molecular complexity index is 263.